The van der Waals surface area contributed by atoms with Crippen molar-refractivity contribution in [2.45, 2.75) is 11.8 Å². The highest BCUT2D eigenvalue weighted by atomic mass is 16.6. The van der Waals surface area contributed by atoms with Crippen molar-refractivity contribution in [3.05, 3.63) is 64.2 Å². The van der Waals surface area contributed by atoms with Crippen molar-refractivity contribution in [3.8, 4) is 11.5 Å². The summed E-state index contributed by atoms with van der Waals surface area (Å²) in [6, 6.07) is 12.1. The SMILES string of the molecule is COC(=O)[C@]1(c2cccc(Oc3ccc([N+](=O)[O-])cc3)c2)C[C@H]1C(=O)NO. The third kappa shape index (κ3) is 3.32. The van der Waals surface area contributed by atoms with Crippen LogP contribution in [0.4, 0.5) is 5.69 Å². The molecule has 0 bridgehead atoms. The topological polar surface area (TPSA) is 128 Å². The van der Waals surface area contributed by atoms with E-state index in [-0.39, 0.29) is 12.1 Å². The second-order valence-electron chi connectivity index (χ2n) is 6.08. The van der Waals surface area contributed by atoms with Gasteiger partial charge in [0.15, 0.2) is 0 Å². The normalized spacial score (nSPS) is 20.4. The van der Waals surface area contributed by atoms with Gasteiger partial charge in [-0.05, 0) is 36.2 Å². The number of esters is 1. The lowest BCUT2D eigenvalue weighted by atomic mass is 9.92. The lowest BCUT2D eigenvalue weighted by Crippen LogP contribution is -2.31. The molecule has 140 valence electrons. The Labute approximate surface area is 153 Å². The number of carbonyl (C=O) groups is 2. The zero-order valence-corrected chi connectivity index (χ0v) is 14.2. The first-order valence-electron chi connectivity index (χ1n) is 7.97. The molecule has 1 aliphatic carbocycles. The molecule has 2 aromatic rings. The van der Waals surface area contributed by atoms with Gasteiger partial charge >= 0.3 is 5.97 Å². The molecule has 9 heteroatoms. The number of benzene rings is 2. The second-order valence-corrected chi connectivity index (χ2v) is 6.08. The summed E-state index contributed by atoms with van der Waals surface area (Å²) in [7, 11) is 1.23. The molecule has 1 fully saturated rings. The molecule has 0 aromatic heterocycles. The number of hydroxylamine groups is 1. The van der Waals surface area contributed by atoms with Crippen LogP contribution in [-0.2, 0) is 19.7 Å². The molecule has 0 heterocycles. The number of hydrogen-bond donors (Lipinski definition) is 2. The van der Waals surface area contributed by atoms with Crippen LogP contribution in [-0.4, -0.2) is 29.1 Å². The number of nitrogens with one attached hydrogen (secondary N) is 1. The number of amides is 1. The number of nitrogens with zero attached hydrogens (tertiary/aromatic N) is 1. The third-order valence-electron chi connectivity index (χ3n) is 4.57. The molecule has 0 spiro atoms. The molecule has 0 unspecified atom stereocenters. The van der Waals surface area contributed by atoms with E-state index < -0.39 is 28.1 Å². The van der Waals surface area contributed by atoms with E-state index in [0.29, 0.717) is 17.1 Å². The van der Waals surface area contributed by atoms with Crippen LogP contribution in [0.2, 0.25) is 0 Å². The van der Waals surface area contributed by atoms with Gasteiger partial charge in [0.1, 0.15) is 16.9 Å². The Bertz CT molecular complexity index is 897. The standard InChI is InChI=1S/C18H16N2O7/c1-26-17(22)18(10-15(18)16(21)19-23)11-3-2-4-14(9-11)27-13-7-5-12(6-8-13)20(24)25/h2-9,15,23H,10H2,1H3,(H,19,21)/t15-,18-/m0/s1. The van der Waals surface area contributed by atoms with Crippen LogP contribution in [0.3, 0.4) is 0 Å². The van der Waals surface area contributed by atoms with Gasteiger partial charge in [-0.1, -0.05) is 12.1 Å². The van der Waals surface area contributed by atoms with Crippen molar-refractivity contribution in [3.63, 3.8) is 0 Å². The summed E-state index contributed by atoms with van der Waals surface area (Å²) in [6.45, 7) is 0. The van der Waals surface area contributed by atoms with Gasteiger partial charge in [0, 0.05) is 12.1 Å². The third-order valence-corrected chi connectivity index (χ3v) is 4.57. The van der Waals surface area contributed by atoms with Gasteiger partial charge in [-0.15, -0.1) is 0 Å². The zero-order chi connectivity index (χ0) is 19.6. The van der Waals surface area contributed by atoms with E-state index in [4.69, 9.17) is 14.7 Å². The van der Waals surface area contributed by atoms with E-state index in [1.807, 2.05) is 0 Å². The number of methoxy groups -OCH3 is 1. The Morgan fingerprint density at radius 3 is 2.52 bits per heavy atom. The van der Waals surface area contributed by atoms with Crippen molar-refractivity contribution in [2.24, 2.45) is 5.92 Å². The first kappa shape index (κ1) is 18.3. The van der Waals surface area contributed by atoms with Crippen molar-refractivity contribution >= 4 is 17.6 Å². The van der Waals surface area contributed by atoms with E-state index in [9.17, 15) is 19.7 Å². The first-order chi connectivity index (χ1) is 12.9. The summed E-state index contributed by atoms with van der Waals surface area (Å²) in [5.74, 6) is -1.22. The highest BCUT2D eigenvalue weighted by Crippen LogP contribution is 2.55. The van der Waals surface area contributed by atoms with Crippen molar-refractivity contribution in [2.75, 3.05) is 7.11 Å². The van der Waals surface area contributed by atoms with Gasteiger partial charge in [0.2, 0.25) is 5.91 Å². The fraction of sp³-hybridized carbons (Fsp3) is 0.222. The Balaban J connectivity index is 1.87. The molecule has 27 heavy (non-hydrogen) atoms. The summed E-state index contributed by atoms with van der Waals surface area (Å²) < 4.78 is 10.5. The molecule has 0 radical (unpaired) electrons. The number of rotatable bonds is 6. The lowest BCUT2D eigenvalue weighted by Gasteiger charge is -2.16. The number of hydrogen-bond acceptors (Lipinski definition) is 7. The number of carbonyl (C=O) groups excluding carboxylic acids is 2. The molecule has 0 saturated heterocycles. The highest BCUT2D eigenvalue weighted by Gasteiger charge is 2.65. The first-order valence-corrected chi connectivity index (χ1v) is 7.97. The molecular weight excluding hydrogens is 356 g/mol. The average molecular weight is 372 g/mol. The molecular formula is C18H16N2O7. The zero-order valence-electron chi connectivity index (χ0n) is 14.2. The van der Waals surface area contributed by atoms with E-state index in [1.165, 1.54) is 31.4 Å². The number of non-ortho nitro benzene ring substituents is 1. The van der Waals surface area contributed by atoms with E-state index in [1.54, 1.807) is 29.7 Å². The molecule has 1 amide bonds. The summed E-state index contributed by atoms with van der Waals surface area (Å²) in [5, 5.41) is 19.6. The molecule has 1 saturated carbocycles. The largest absolute Gasteiger partial charge is 0.468 e. The predicted molar refractivity (Wildman–Crippen MR) is 91.3 cm³/mol. The van der Waals surface area contributed by atoms with E-state index in [0.717, 1.165) is 0 Å². The Hall–Kier alpha value is -3.46. The van der Waals surface area contributed by atoms with Crippen LogP contribution in [0, 0.1) is 16.0 Å². The lowest BCUT2D eigenvalue weighted by molar-refractivity contribution is -0.384. The summed E-state index contributed by atoms with van der Waals surface area (Å²) in [4.78, 5) is 34.3. The Kier molecular flexibility index (Phi) is 4.78. The second kappa shape index (κ2) is 7.04. The van der Waals surface area contributed by atoms with Crippen molar-refractivity contribution in [1.82, 2.24) is 5.48 Å². The van der Waals surface area contributed by atoms with Crippen LogP contribution in [0.5, 0.6) is 11.5 Å². The van der Waals surface area contributed by atoms with Crippen molar-refractivity contribution in [1.29, 1.82) is 0 Å². The number of nitro benzene ring substituents is 1. The molecule has 9 nitrogen and oxygen atoms in total. The van der Waals surface area contributed by atoms with Crippen LogP contribution in [0.15, 0.2) is 48.5 Å². The average Bonchev–Trinajstić information content (AvgIpc) is 3.44. The number of nitro groups is 1. The maximum absolute atomic E-state index is 12.3. The fourth-order valence-corrected chi connectivity index (χ4v) is 3.11. The van der Waals surface area contributed by atoms with E-state index >= 15 is 0 Å². The molecule has 1 aliphatic rings. The molecule has 0 aliphatic heterocycles. The van der Waals surface area contributed by atoms with Gasteiger partial charge in [0.25, 0.3) is 5.69 Å². The summed E-state index contributed by atoms with van der Waals surface area (Å²) >= 11 is 0. The van der Waals surface area contributed by atoms with E-state index in [2.05, 4.69) is 0 Å². The fourth-order valence-electron chi connectivity index (χ4n) is 3.11. The Morgan fingerprint density at radius 1 is 1.22 bits per heavy atom. The monoisotopic (exact) mass is 372 g/mol. The van der Waals surface area contributed by atoms with Crippen LogP contribution < -0.4 is 10.2 Å². The maximum Gasteiger partial charge on any atom is 0.317 e. The quantitative estimate of drug-likeness (QED) is 0.345. The smallest absolute Gasteiger partial charge is 0.317 e. The molecule has 2 aromatic carbocycles. The van der Waals surface area contributed by atoms with Crippen LogP contribution >= 0.6 is 0 Å². The Morgan fingerprint density at radius 2 is 1.93 bits per heavy atom. The van der Waals surface area contributed by atoms with Crippen LogP contribution in [0.1, 0.15) is 12.0 Å². The molecule has 2 atom stereocenters. The minimum atomic E-state index is -1.18. The predicted octanol–water partition coefficient (Wildman–Crippen LogP) is 2.32. The maximum atomic E-state index is 12.3. The van der Waals surface area contributed by atoms with Gasteiger partial charge in [-0.2, -0.15) is 0 Å². The molecule has 2 N–H and O–H groups in total. The van der Waals surface area contributed by atoms with Gasteiger partial charge in [-0.3, -0.25) is 24.9 Å². The summed E-state index contributed by atoms with van der Waals surface area (Å²) in [5.41, 5.74) is 0.839. The number of ether oxygens (including phenoxy) is 2. The highest BCUT2D eigenvalue weighted by molar-refractivity contribution is 5.97. The molecule has 3 rings (SSSR count). The van der Waals surface area contributed by atoms with Gasteiger partial charge in [0.05, 0.1) is 18.0 Å². The van der Waals surface area contributed by atoms with Crippen LogP contribution in [0.25, 0.3) is 0 Å². The minimum absolute atomic E-state index is 0.0587. The summed E-state index contributed by atoms with van der Waals surface area (Å²) in [6.07, 6.45) is 0.201. The minimum Gasteiger partial charge on any atom is -0.468 e. The van der Waals surface area contributed by atoms with Gasteiger partial charge in [-0.25, -0.2) is 5.48 Å². The van der Waals surface area contributed by atoms with Crippen molar-refractivity contribution < 1.29 is 29.2 Å². The van der Waals surface area contributed by atoms with Gasteiger partial charge < -0.3 is 9.47 Å².